The molecule has 0 spiro atoms. The van der Waals surface area contributed by atoms with Crippen LogP contribution in [-0.4, -0.2) is 10.5 Å². The van der Waals surface area contributed by atoms with Gasteiger partial charge >= 0.3 is 5.63 Å². The zero-order valence-corrected chi connectivity index (χ0v) is 15.4. The maximum atomic E-state index is 12.7. The molecule has 4 rings (SSSR count). The van der Waals surface area contributed by atoms with E-state index < -0.39 is 11.5 Å². The maximum Gasteiger partial charge on any atom is 0.349 e. The fraction of sp³-hybridized carbons (Fsp3) is 0.0500. The van der Waals surface area contributed by atoms with Crippen LogP contribution in [0.4, 0.5) is 0 Å². The molecule has 0 atom stereocenters. The van der Waals surface area contributed by atoms with Crippen molar-refractivity contribution in [3.63, 3.8) is 0 Å². The Labute approximate surface area is 162 Å². The largest absolute Gasteiger partial charge is 0.422 e. The molecule has 0 bridgehead atoms. The van der Waals surface area contributed by atoms with Gasteiger partial charge in [-0.3, -0.25) is 4.79 Å². The fourth-order valence-corrected chi connectivity index (χ4v) is 4.16. The Bertz CT molecular complexity index is 1370. The van der Waals surface area contributed by atoms with E-state index >= 15 is 0 Å². The van der Waals surface area contributed by atoms with Gasteiger partial charge in [0.15, 0.2) is 4.80 Å². The van der Waals surface area contributed by atoms with E-state index in [-0.39, 0.29) is 12.1 Å². The first-order chi connectivity index (χ1) is 13.1. The van der Waals surface area contributed by atoms with E-state index in [2.05, 4.69) is 10.9 Å². The molecule has 2 aromatic heterocycles. The second-order valence-electron chi connectivity index (χ2n) is 5.66. The van der Waals surface area contributed by atoms with E-state index in [9.17, 15) is 9.59 Å². The van der Waals surface area contributed by atoms with Gasteiger partial charge in [-0.25, -0.2) is 4.79 Å². The third-order valence-electron chi connectivity index (χ3n) is 3.97. The van der Waals surface area contributed by atoms with Gasteiger partial charge in [0.2, 0.25) is 0 Å². The Morgan fingerprint density at radius 1 is 1.26 bits per heavy atom. The lowest BCUT2D eigenvalue weighted by atomic mass is 10.2. The lowest BCUT2D eigenvalue weighted by Crippen LogP contribution is -2.19. The molecular formula is C20H11ClN2O3S. The molecule has 1 amide bonds. The van der Waals surface area contributed by atoms with Crippen LogP contribution >= 0.6 is 22.9 Å². The van der Waals surface area contributed by atoms with Gasteiger partial charge in [-0.15, -0.1) is 6.42 Å². The minimum absolute atomic E-state index is 0.135. The number of terminal acetylenes is 1. The Balaban J connectivity index is 1.92. The number of nitrogens with zero attached hydrogens (tertiary/aromatic N) is 2. The standard InChI is InChI=1S/C20H11ClN2O3S/c1-2-10-23-17-14(21)7-5-9-16(17)27-20(23)22-18(24)13-11-12-6-3-4-8-15(12)26-19(13)25/h1,3-9,11H,10H2. The van der Waals surface area contributed by atoms with Crippen molar-refractivity contribution in [3.8, 4) is 12.3 Å². The predicted molar refractivity (Wildman–Crippen MR) is 106 cm³/mol. The Morgan fingerprint density at radius 3 is 2.89 bits per heavy atom. The minimum atomic E-state index is -0.731. The zero-order valence-electron chi connectivity index (χ0n) is 13.8. The zero-order chi connectivity index (χ0) is 19.0. The highest BCUT2D eigenvalue weighted by molar-refractivity contribution is 7.16. The van der Waals surface area contributed by atoms with E-state index in [1.165, 1.54) is 17.4 Å². The van der Waals surface area contributed by atoms with E-state index in [1.807, 2.05) is 12.1 Å². The second kappa shape index (κ2) is 6.88. The highest BCUT2D eigenvalue weighted by Gasteiger charge is 2.15. The van der Waals surface area contributed by atoms with Crippen molar-refractivity contribution < 1.29 is 9.21 Å². The SMILES string of the molecule is C#CCn1c(=NC(=O)c2cc3ccccc3oc2=O)sc2cccc(Cl)c21. The van der Waals surface area contributed by atoms with Crippen LogP contribution in [0, 0.1) is 12.3 Å². The van der Waals surface area contributed by atoms with Crippen LogP contribution in [0.3, 0.4) is 0 Å². The van der Waals surface area contributed by atoms with E-state index in [1.54, 1.807) is 34.9 Å². The van der Waals surface area contributed by atoms with Crippen LogP contribution in [-0.2, 0) is 6.54 Å². The van der Waals surface area contributed by atoms with Gasteiger partial charge in [-0.05, 0) is 24.3 Å². The molecule has 0 aliphatic carbocycles. The minimum Gasteiger partial charge on any atom is -0.422 e. The number of aromatic nitrogens is 1. The molecule has 0 radical (unpaired) electrons. The summed E-state index contributed by atoms with van der Waals surface area (Å²) in [4.78, 5) is 29.4. The molecule has 0 unspecified atom stereocenters. The number of halogens is 1. The molecule has 7 heteroatoms. The van der Waals surface area contributed by atoms with Crippen LogP contribution < -0.4 is 10.4 Å². The van der Waals surface area contributed by atoms with Gasteiger partial charge in [0.25, 0.3) is 5.91 Å². The number of thiazole rings is 1. The fourth-order valence-electron chi connectivity index (χ4n) is 2.77. The van der Waals surface area contributed by atoms with Crippen molar-refractivity contribution in [1.29, 1.82) is 0 Å². The van der Waals surface area contributed by atoms with Crippen LogP contribution in [0.5, 0.6) is 0 Å². The van der Waals surface area contributed by atoms with Gasteiger partial charge in [0.05, 0.1) is 21.8 Å². The van der Waals surface area contributed by atoms with Gasteiger partial charge < -0.3 is 8.98 Å². The van der Waals surface area contributed by atoms with E-state index in [0.29, 0.717) is 26.3 Å². The lowest BCUT2D eigenvalue weighted by Gasteiger charge is -2.01. The van der Waals surface area contributed by atoms with Crippen LogP contribution in [0.25, 0.3) is 21.2 Å². The van der Waals surface area contributed by atoms with Crippen molar-refractivity contribution in [1.82, 2.24) is 4.57 Å². The number of fused-ring (bicyclic) bond motifs is 2. The Kier molecular flexibility index (Phi) is 4.40. The van der Waals surface area contributed by atoms with Crippen molar-refractivity contribution >= 4 is 50.0 Å². The summed E-state index contributed by atoms with van der Waals surface area (Å²) in [7, 11) is 0. The molecule has 132 valence electrons. The molecule has 2 heterocycles. The summed E-state index contributed by atoms with van der Waals surface area (Å²) in [6.45, 7) is 0.197. The summed E-state index contributed by atoms with van der Waals surface area (Å²) in [6.07, 6.45) is 5.46. The number of para-hydroxylation sites is 2. The molecule has 0 saturated heterocycles. The topological polar surface area (TPSA) is 64.6 Å². The highest BCUT2D eigenvalue weighted by atomic mass is 35.5. The molecule has 2 aromatic carbocycles. The molecule has 0 N–H and O–H groups in total. The molecular weight excluding hydrogens is 384 g/mol. The molecule has 4 aromatic rings. The first-order valence-corrected chi connectivity index (χ1v) is 9.11. The van der Waals surface area contributed by atoms with Gasteiger partial charge in [0, 0.05) is 5.39 Å². The molecule has 5 nitrogen and oxygen atoms in total. The van der Waals surface area contributed by atoms with Crippen molar-refractivity contribution in [2.45, 2.75) is 6.54 Å². The normalized spacial score (nSPS) is 11.8. The summed E-state index contributed by atoms with van der Waals surface area (Å²) < 4.78 is 7.74. The lowest BCUT2D eigenvalue weighted by molar-refractivity contribution is 0.0994. The van der Waals surface area contributed by atoms with E-state index in [4.69, 9.17) is 22.4 Å². The average Bonchev–Trinajstić information content (AvgIpc) is 3.00. The monoisotopic (exact) mass is 394 g/mol. The Morgan fingerprint density at radius 2 is 2.07 bits per heavy atom. The molecule has 0 aliphatic rings. The number of carbonyl (C=O) groups is 1. The highest BCUT2D eigenvalue weighted by Crippen LogP contribution is 2.25. The summed E-state index contributed by atoms with van der Waals surface area (Å²) >= 11 is 7.55. The smallest absolute Gasteiger partial charge is 0.349 e. The van der Waals surface area contributed by atoms with Gasteiger partial charge in [-0.2, -0.15) is 4.99 Å². The molecule has 0 saturated carbocycles. The number of benzene rings is 2. The number of amides is 1. The average molecular weight is 395 g/mol. The number of hydrogen-bond acceptors (Lipinski definition) is 4. The number of rotatable bonds is 2. The van der Waals surface area contributed by atoms with Crippen LogP contribution in [0.15, 0.2) is 62.7 Å². The first kappa shape index (κ1) is 17.3. The van der Waals surface area contributed by atoms with Crippen LogP contribution in [0.1, 0.15) is 10.4 Å². The summed E-state index contributed by atoms with van der Waals surface area (Å²) in [5, 5.41) is 1.16. The van der Waals surface area contributed by atoms with Crippen molar-refractivity contribution in [2.24, 2.45) is 4.99 Å². The summed E-state index contributed by atoms with van der Waals surface area (Å²) in [6, 6.07) is 13.9. The number of hydrogen-bond donors (Lipinski definition) is 0. The van der Waals surface area contributed by atoms with Crippen LogP contribution in [0.2, 0.25) is 5.02 Å². The second-order valence-corrected chi connectivity index (χ2v) is 7.08. The number of carbonyl (C=O) groups excluding carboxylic acids is 1. The summed E-state index contributed by atoms with van der Waals surface area (Å²) in [5.41, 5.74) is 0.254. The van der Waals surface area contributed by atoms with Crippen molar-refractivity contribution in [2.75, 3.05) is 0 Å². The third kappa shape index (κ3) is 3.08. The predicted octanol–water partition coefficient (Wildman–Crippen LogP) is 3.84. The van der Waals surface area contributed by atoms with Gasteiger partial charge in [-0.1, -0.05) is 53.1 Å². The van der Waals surface area contributed by atoms with Gasteiger partial charge in [0.1, 0.15) is 11.1 Å². The third-order valence-corrected chi connectivity index (χ3v) is 5.32. The van der Waals surface area contributed by atoms with Crippen molar-refractivity contribution in [3.05, 3.63) is 74.3 Å². The molecule has 27 heavy (non-hydrogen) atoms. The maximum absolute atomic E-state index is 12.7. The molecule has 0 aliphatic heterocycles. The Hall–Kier alpha value is -3.14. The summed E-state index contributed by atoms with van der Waals surface area (Å²) in [5.74, 6) is 1.85. The first-order valence-electron chi connectivity index (χ1n) is 7.92. The molecule has 0 fully saturated rings. The van der Waals surface area contributed by atoms with E-state index in [0.717, 1.165) is 4.70 Å². The quantitative estimate of drug-likeness (QED) is 0.383.